The van der Waals surface area contributed by atoms with Crippen LogP contribution in [0.3, 0.4) is 0 Å². The van der Waals surface area contributed by atoms with Crippen molar-refractivity contribution in [2.45, 2.75) is 19.0 Å². The third-order valence-electron chi connectivity index (χ3n) is 3.01. The minimum atomic E-state index is -0.808. The van der Waals surface area contributed by atoms with Gasteiger partial charge in [0.1, 0.15) is 6.04 Å². The second kappa shape index (κ2) is 4.90. The summed E-state index contributed by atoms with van der Waals surface area (Å²) in [6.07, 6.45) is 0.523. The predicted octanol–water partition coefficient (Wildman–Crippen LogP) is 2.25. The first-order valence-corrected chi connectivity index (χ1v) is 5.82. The summed E-state index contributed by atoms with van der Waals surface area (Å²) in [5.74, 6) is -0.808. The summed E-state index contributed by atoms with van der Waals surface area (Å²) < 4.78 is 0. The number of aliphatic carboxylic acids is 1. The molecule has 1 heterocycles. The first kappa shape index (κ1) is 12.1. The Hall–Kier alpha value is -1.32. The van der Waals surface area contributed by atoms with Crippen LogP contribution < -0.4 is 0 Å². The second-order valence-electron chi connectivity index (χ2n) is 4.25. The highest BCUT2D eigenvalue weighted by atomic mass is 35.5. The zero-order valence-electron chi connectivity index (χ0n) is 9.40. The number of hydrogen-bond acceptors (Lipinski definition) is 2. The molecule has 1 N–H and O–H groups in total. The Labute approximate surface area is 105 Å². The van der Waals surface area contributed by atoms with Crippen LogP contribution in [0.25, 0.3) is 0 Å². The quantitative estimate of drug-likeness (QED) is 0.896. The largest absolute Gasteiger partial charge is 0.480 e. The molecule has 1 atom stereocenters. The lowest BCUT2D eigenvalue weighted by molar-refractivity contribution is -0.143. The SMILES string of the molecule is C=C(Cl)CN1Cc2ccccc2CC1C(=O)O. The molecule has 1 aliphatic heterocycles. The lowest BCUT2D eigenvalue weighted by atomic mass is 9.94. The van der Waals surface area contributed by atoms with E-state index in [1.54, 1.807) is 0 Å². The minimum Gasteiger partial charge on any atom is -0.480 e. The molecular weight excluding hydrogens is 238 g/mol. The fourth-order valence-corrected chi connectivity index (χ4v) is 2.36. The molecule has 1 aliphatic rings. The molecular formula is C13H14ClNO2. The van der Waals surface area contributed by atoms with E-state index in [0.29, 0.717) is 24.5 Å². The van der Waals surface area contributed by atoms with Crippen molar-refractivity contribution in [3.05, 3.63) is 47.0 Å². The van der Waals surface area contributed by atoms with Gasteiger partial charge in [0, 0.05) is 18.1 Å². The molecule has 0 saturated heterocycles. The summed E-state index contributed by atoms with van der Waals surface area (Å²) >= 11 is 5.78. The fourth-order valence-electron chi connectivity index (χ4n) is 2.21. The van der Waals surface area contributed by atoms with Crippen LogP contribution in [0.1, 0.15) is 11.1 Å². The number of rotatable bonds is 3. The van der Waals surface area contributed by atoms with Crippen LogP contribution in [0.15, 0.2) is 35.9 Å². The van der Waals surface area contributed by atoms with Crippen LogP contribution in [0.5, 0.6) is 0 Å². The Morgan fingerprint density at radius 3 is 2.71 bits per heavy atom. The number of halogens is 1. The van der Waals surface area contributed by atoms with E-state index in [2.05, 4.69) is 6.58 Å². The van der Waals surface area contributed by atoms with Crippen molar-refractivity contribution >= 4 is 17.6 Å². The molecule has 90 valence electrons. The molecule has 1 unspecified atom stereocenters. The normalized spacial score (nSPS) is 19.7. The highest BCUT2D eigenvalue weighted by molar-refractivity contribution is 6.29. The molecule has 1 aromatic rings. The summed E-state index contributed by atoms with van der Waals surface area (Å²) in [5.41, 5.74) is 2.28. The Kier molecular flexibility index (Phi) is 3.50. The maximum Gasteiger partial charge on any atom is 0.321 e. The van der Waals surface area contributed by atoms with Gasteiger partial charge in [-0.25, -0.2) is 0 Å². The lowest BCUT2D eigenvalue weighted by Crippen LogP contribution is -2.45. The molecule has 3 nitrogen and oxygen atoms in total. The van der Waals surface area contributed by atoms with Crippen LogP contribution >= 0.6 is 11.6 Å². The van der Waals surface area contributed by atoms with Gasteiger partial charge >= 0.3 is 5.97 Å². The number of benzene rings is 1. The van der Waals surface area contributed by atoms with Crippen LogP contribution in [0, 0.1) is 0 Å². The number of hydrogen-bond donors (Lipinski definition) is 1. The van der Waals surface area contributed by atoms with Gasteiger partial charge in [0.05, 0.1) is 0 Å². The van der Waals surface area contributed by atoms with Crippen molar-refractivity contribution in [1.29, 1.82) is 0 Å². The molecule has 0 fully saturated rings. The van der Waals surface area contributed by atoms with E-state index < -0.39 is 12.0 Å². The standard InChI is InChI=1S/C13H14ClNO2/c1-9(14)7-15-8-11-5-3-2-4-10(11)6-12(15)13(16)17/h2-5,12H,1,6-8H2,(H,16,17). The maximum atomic E-state index is 11.2. The van der Waals surface area contributed by atoms with Crippen LogP contribution in [0.2, 0.25) is 0 Å². The van der Waals surface area contributed by atoms with Gasteiger partial charge in [0.2, 0.25) is 0 Å². The van der Waals surface area contributed by atoms with Crippen molar-refractivity contribution in [3.63, 3.8) is 0 Å². The number of carbonyl (C=O) groups is 1. The van der Waals surface area contributed by atoms with Gasteiger partial charge in [0.15, 0.2) is 0 Å². The molecule has 1 aromatic carbocycles. The number of carboxylic acid groups (broad SMARTS) is 1. The van der Waals surface area contributed by atoms with Crippen LogP contribution in [-0.4, -0.2) is 28.6 Å². The van der Waals surface area contributed by atoms with Gasteiger partial charge < -0.3 is 5.11 Å². The summed E-state index contributed by atoms with van der Waals surface area (Å²) in [7, 11) is 0. The average Bonchev–Trinajstić information content (AvgIpc) is 2.27. The van der Waals surface area contributed by atoms with E-state index in [9.17, 15) is 9.90 Å². The molecule has 2 rings (SSSR count). The van der Waals surface area contributed by atoms with Gasteiger partial charge in [-0.2, -0.15) is 0 Å². The molecule has 0 saturated carbocycles. The Morgan fingerprint density at radius 1 is 1.47 bits per heavy atom. The average molecular weight is 252 g/mol. The lowest BCUT2D eigenvalue weighted by Gasteiger charge is -2.34. The summed E-state index contributed by atoms with van der Waals surface area (Å²) in [4.78, 5) is 13.1. The van der Waals surface area contributed by atoms with Crippen molar-refractivity contribution in [2.24, 2.45) is 0 Å². The van der Waals surface area contributed by atoms with E-state index in [4.69, 9.17) is 11.6 Å². The highest BCUT2D eigenvalue weighted by Gasteiger charge is 2.31. The van der Waals surface area contributed by atoms with E-state index in [-0.39, 0.29) is 0 Å². The third kappa shape index (κ3) is 2.68. The van der Waals surface area contributed by atoms with Gasteiger partial charge in [0.25, 0.3) is 0 Å². The fraction of sp³-hybridized carbons (Fsp3) is 0.308. The molecule has 17 heavy (non-hydrogen) atoms. The molecule has 0 aliphatic carbocycles. The molecule has 0 spiro atoms. The number of nitrogens with zero attached hydrogens (tertiary/aromatic N) is 1. The molecule has 0 aromatic heterocycles. The summed E-state index contributed by atoms with van der Waals surface area (Å²) in [6, 6.07) is 7.40. The van der Waals surface area contributed by atoms with Gasteiger partial charge in [-0.15, -0.1) is 0 Å². The first-order valence-electron chi connectivity index (χ1n) is 5.45. The van der Waals surface area contributed by atoms with E-state index in [0.717, 1.165) is 5.56 Å². The smallest absolute Gasteiger partial charge is 0.321 e. The van der Waals surface area contributed by atoms with Crippen molar-refractivity contribution in [3.8, 4) is 0 Å². The molecule has 4 heteroatoms. The van der Waals surface area contributed by atoms with E-state index >= 15 is 0 Å². The Balaban J connectivity index is 2.27. The Bertz CT molecular complexity index is 458. The highest BCUT2D eigenvalue weighted by Crippen LogP contribution is 2.24. The van der Waals surface area contributed by atoms with E-state index in [1.165, 1.54) is 5.56 Å². The van der Waals surface area contributed by atoms with Crippen molar-refractivity contribution < 1.29 is 9.90 Å². The van der Waals surface area contributed by atoms with Gasteiger partial charge in [-0.3, -0.25) is 9.69 Å². The second-order valence-corrected chi connectivity index (χ2v) is 4.78. The zero-order chi connectivity index (χ0) is 12.4. The zero-order valence-corrected chi connectivity index (χ0v) is 10.2. The van der Waals surface area contributed by atoms with E-state index in [1.807, 2.05) is 29.2 Å². The number of fused-ring (bicyclic) bond motifs is 1. The molecule has 0 bridgehead atoms. The van der Waals surface area contributed by atoms with Gasteiger partial charge in [-0.1, -0.05) is 42.4 Å². The van der Waals surface area contributed by atoms with Crippen LogP contribution in [0.4, 0.5) is 0 Å². The predicted molar refractivity (Wildman–Crippen MR) is 67.0 cm³/mol. The maximum absolute atomic E-state index is 11.2. The van der Waals surface area contributed by atoms with Gasteiger partial charge in [-0.05, 0) is 17.5 Å². The van der Waals surface area contributed by atoms with Crippen molar-refractivity contribution in [1.82, 2.24) is 4.90 Å². The number of carboxylic acids is 1. The Morgan fingerprint density at radius 2 is 2.12 bits per heavy atom. The molecule has 0 amide bonds. The topological polar surface area (TPSA) is 40.5 Å². The summed E-state index contributed by atoms with van der Waals surface area (Å²) in [6.45, 7) is 4.65. The monoisotopic (exact) mass is 251 g/mol. The summed E-state index contributed by atoms with van der Waals surface area (Å²) in [5, 5.41) is 9.70. The van der Waals surface area contributed by atoms with Crippen LogP contribution in [-0.2, 0) is 17.8 Å². The first-order chi connectivity index (χ1) is 8.08. The van der Waals surface area contributed by atoms with Crippen molar-refractivity contribution in [2.75, 3.05) is 6.54 Å². The third-order valence-corrected chi connectivity index (χ3v) is 3.13. The minimum absolute atomic E-state index is 0.410. The molecule has 0 radical (unpaired) electrons.